The van der Waals surface area contributed by atoms with Gasteiger partial charge in [0.25, 0.3) is 0 Å². The third-order valence-electron chi connectivity index (χ3n) is 4.46. The molecule has 2 nitrogen and oxygen atoms in total. The summed E-state index contributed by atoms with van der Waals surface area (Å²) >= 11 is 5.11. The molecule has 0 fully saturated rings. The summed E-state index contributed by atoms with van der Waals surface area (Å²) in [5, 5.41) is 6.62. The van der Waals surface area contributed by atoms with Crippen LogP contribution in [0.1, 0.15) is 18.4 Å². The van der Waals surface area contributed by atoms with Gasteiger partial charge >= 0.3 is 0 Å². The van der Waals surface area contributed by atoms with Crippen molar-refractivity contribution in [3.05, 3.63) is 59.5 Å². The maximum atomic E-state index is 12.6. The minimum absolute atomic E-state index is 0.275. The molecule has 0 unspecified atom stereocenters. The van der Waals surface area contributed by atoms with E-state index in [0.717, 1.165) is 33.8 Å². The lowest BCUT2D eigenvalue weighted by Crippen LogP contribution is -1.93. The van der Waals surface area contributed by atoms with Crippen LogP contribution in [0.2, 0.25) is 0 Å². The monoisotopic (exact) mass is 428 g/mol. The summed E-state index contributed by atoms with van der Waals surface area (Å²) in [5.74, 6) is 0.774. The van der Waals surface area contributed by atoms with Crippen molar-refractivity contribution < 1.29 is 4.39 Å². The molecule has 3 aromatic rings. The van der Waals surface area contributed by atoms with Gasteiger partial charge in [-0.2, -0.15) is 0 Å². The molecule has 0 saturated heterocycles. The lowest BCUT2D eigenvalue weighted by Gasteiger charge is -2.10. The zero-order chi connectivity index (χ0) is 19.3. The standard InChI is InChI=1S/C22H21FN2S3/c1-24-20-19-16(15-8-4-2-3-5-9-15)14-17(18-10-6-12-26-18)25-21(19)28-22(20)27-13-7-11-23/h2,4-6,8-10,12,14,24H,3,7,11,13H2,1H3. The van der Waals surface area contributed by atoms with Crippen LogP contribution in [-0.4, -0.2) is 24.5 Å². The Labute approximate surface area is 176 Å². The number of thioether (sulfide) groups is 1. The van der Waals surface area contributed by atoms with Gasteiger partial charge in [-0.25, -0.2) is 4.98 Å². The lowest BCUT2D eigenvalue weighted by atomic mass is 10.0. The molecule has 0 aromatic carbocycles. The maximum absolute atomic E-state index is 12.6. The SMILES string of the molecule is CNc1c(SCCCF)sc2nc(-c3cccs3)cc(C3=CC=CCC=C3)c12. The number of halogens is 1. The average Bonchev–Trinajstić information content (AvgIpc) is 3.28. The minimum Gasteiger partial charge on any atom is -0.386 e. The Morgan fingerprint density at radius 2 is 2.25 bits per heavy atom. The van der Waals surface area contributed by atoms with Crippen molar-refractivity contribution >= 4 is 55.9 Å². The first-order valence-corrected chi connectivity index (χ1v) is 11.9. The first kappa shape index (κ1) is 19.4. The van der Waals surface area contributed by atoms with Gasteiger partial charge in [0, 0.05) is 18.2 Å². The number of fused-ring (bicyclic) bond motifs is 1. The summed E-state index contributed by atoms with van der Waals surface area (Å²) in [5.41, 5.74) is 4.48. The van der Waals surface area contributed by atoms with Crippen molar-refractivity contribution in [2.24, 2.45) is 0 Å². The lowest BCUT2D eigenvalue weighted by molar-refractivity contribution is 0.489. The molecule has 28 heavy (non-hydrogen) atoms. The number of anilines is 1. The highest BCUT2D eigenvalue weighted by Gasteiger charge is 2.19. The number of alkyl halides is 1. The van der Waals surface area contributed by atoms with Gasteiger partial charge in [-0.15, -0.1) is 34.4 Å². The normalized spacial score (nSPS) is 13.7. The molecular weight excluding hydrogens is 407 g/mol. The van der Waals surface area contributed by atoms with Gasteiger partial charge in [0.1, 0.15) is 4.83 Å². The van der Waals surface area contributed by atoms with E-state index >= 15 is 0 Å². The Kier molecular flexibility index (Phi) is 6.29. The van der Waals surface area contributed by atoms with Crippen molar-refractivity contribution in [1.82, 2.24) is 4.98 Å². The highest BCUT2D eigenvalue weighted by molar-refractivity contribution is 8.01. The summed E-state index contributed by atoms with van der Waals surface area (Å²) in [4.78, 5) is 7.18. The number of hydrogen-bond acceptors (Lipinski definition) is 5. The van der Waals surface area contributed by atoms with Crippen LogP contribution < -0.4 is 5.32 Å². The van der Waals surface area contributed by atoms with E-state index < -0.39 is 0 Å². The molecule has 0 atom stereocenters. The van der Waals surface area contributed by atoms with Gasteiger partial charge in [-0.3, -0.25) is 4.39 Å². The van der Waals surface area contributed by atoms with Crippen LogP contribution >= 0.6 is 34.4 Å². The number of rotatable bonds is 7. The number of hydrogen-bond donors (Lipinski definition) is 1. The minimum atomic E-state index is -0.275. The van der Waals surface area contributed by atoms with Gasteiger partial charge in [-0.05, 0) is 41.5 Å². The molecule has 0 saturated carbocycles. The van der Waals surface area contributed by atoms with Crippen molar-refractivity contribution in [3.8, 4) is 10.6 Å². The smallest absolute Gasteiger partial charge is 0.127 e. The van der Waals surface area contributed by atoms with E-state index in [1.54, 1.807) is 34.4 Å². The van der Waals surface area contributed by atoms with Crippen molar-refractivity contribution in [2.75, 3.05) is 24.8 Å². The number of nitrogens with one attached hydrogen (secondary N) is 1. The van der Waals surface area contributed by atoms with E-state index in [4.69, 9.17) is 4.98 Å². The summed E-state index contributed by atoms with van der Waals surface area (Å²) in [6, 6.07) is 6.38. The predicted molar refractivity (Wildman–Crippen MR) is 125 cm³/mol. The topological polar surface area (TPSA) is 24.9 Å². The van der Waals surface area contributed by atoms with Crippen LogP contribution in [0, 0.1) is 0 Å². The molecule has 6 heteroatoms. The third kappa shape index (κ3) is 3.95. The number of thiophene rings is 2. The van der Waals surface area contributed by atoms with Crippen molar-refractivity contribution in [3.63, 3.8) is 0 Å². The van der Waals surface area contributed by atoms with E-state index in [1.165, 1.54) is 20.2 Å². The van der Waals surface area contributed by atoms with E-state index in [-0.39, 0.29) is 6.67 Å². The van der Waals surface area contributed by atoms with Crippen LogP contribution in [0.5, 0.6) is 0 Å². The predicted octanol–water partition coefficient (Wildman–Crippen LogP) is 7.42. The fraction of sp³-hybridized carbons (Fsp3) is 0.227. The summed E-state index contributed by atoms with van der Waals surface area (Å²) < 4.78 is 13.8. The van der Waals surface area contributed by atoms with E-state index in [1.807, 2.05) is 7.05 Å². The number of allylic oxidation sites excluding steroid dienone is 6. The zero-order valence-electron chi connectivity index (χ0n) is 15.6. The van der Waals surface area contributed by atoms with E-state index in [9.17, 15) is 4.39 Å². The fourth-order valence-electron chi connectivity index (χ4n) is 3.16. The first-order chi connectivity index (χ1) is 13.8. The van der Waals surface area contributed by atoms with Crippen molar-refractivity contribution in [1.29, 1.82) is 0 Å². The molecule has 0 aliphatic heterocycles. The first-order valence-electron chi connectivity index (χ1n) is 9.23. The third-order valence-corrected chi connectivity index (χ3v) is 7.79. The number of nitrogens with zero attached hydrogens (tertiary/aromatic N) is 1. The number of aromatic nitrogens is 1. The highest BCUT2D eigenvalue weighted by atomic mass is 32.2. The Morgan fingerprint density at radius 1 is 1.32 bits per heavy atom. The second-order valence-corrected chi connectivity index (χ2v) is 9.62. The van der Waals surface area contributed by atoms with E-state index in [2.05, 4.69) is 59.3 Å². The summed E-state index contributed by atoms with van der Waals surface area (Å²) in [7, 11) is 1.95. The van der Waals surface area contributed by atoms with Crippen LogP contribution in [0.15, 0.2) is 58.2 Å². The molecule has 0 amide bonds. The maximum Gasteiger partial charge on any atom is 0.127 e. The Hall–Kier alpha value is -1.89. The second-order valence-electron chi connectivity index (χ2n) is 6.31. The molecule has 3 aromatic heterocycles. The number of pyridine rings is 1. The molecule has 1 aliphatic rings. The van der Waals surface area contributed by atoms with Crippen LogP contribution in [0.3, 0.4) is 0 Å². The van der Waals surface area contributed by atoms with E-state index in [0.29, 0.717) is 6.42 Å². The fourth-order valence-corrected chi connectivity index (χ4v) is 6.30. The Bertz CT molecular complexity index is 1050. The Morgan fingerprint density at radius 3 is 3.04 bits per heavy atom. The average molecular weight is 429 g/mol. The van der Waals surface area contributed by atoms with Crippen LogP contribution in [0.4, 0.5) is 10.1 Å². The summed E-state index contributed by atoms with van der Waals surface area (Å²) in [6.45, 7) is -0.275. The van der Waals surface area contributed by atoms with Gasteiger partial charge in [0.2, 0.25) is 0 Å². The molecule has 1 aliphatic carbocycles. The molecule has 4 rings (SSSR count). The van der Waals surface area contributed by atoms with Gasteiger partial charge in [0.05, 0.1) is 27.1 Å². The quantitative estimate of drug-likeness (QED) is 0.313. The zero-order valence-corrected chi connectivity index (χ0v) is 18.0. The second kappa shape index (κ2) is 9.07. The van der Waals surface area contributed by atoms with Gasteiger partial charge in [-0.1, -0.05) is 36.4 Å². The molecule has 0 spiro atoms. The summed E-state index contributed by atoms with van der Waals surface area (Å²) in [6.07, 6.45) is 12.3. The Balaban J connectivity index is 1.92. The molecule has 144 valence electrons. The molecule has 0 bridgehead atoms. The molecular formula is C22H21FN2S3. The highest BCUT2D eigenvalue weighted by Crippen LogP contribution is 2.46. The van der Waals surface area contributed by atoms with Crippen LogP contribution in [-0.2, 0) is 0 Å². The van der Waals surface area contributed by atoms with Crippen LogP contribution in [0.25, 0.3) is 26.4 Å². The molecule has 0 radical (unpaired) electrons. The molecule has 3 heterocycles. The van der Waals surface area contributed by atoms with Crippen molar-refractivity contribution in [2.45, 2.75) is 17.1 Å². The molecule has 1 N–H and O–H groups in total. The van der Waals surface area contributed by atoms with Gasteiger partial charge in [0.15, 0.2) is 0 Å². The largest absolute Gasteiger partial charge is 0.386 e. The van der Waals surface area contributed by atoms with Gasteiger partial charge < -0.3 is 5.32 Å².